The zero-order valence-electron chi connectivity index (χ0n) is 13.4. The highest BCUT2D eigenvalue weighted by atomic mass is 15.0. The van der Waals surface area contributed by atoms with E-state index in [0.29, 0.717) is 0 Å². The first-order chi connectivity index (χ1) is 11.8. The fourth-order valence-corrected chi connectivity index (χ4v) is 2.79. The van der Waals surface area contributed by atoms with E-state index in [1.54, 1.807) is 0 Å². The molecule has 0 bridgehead atoms. The maximum Gasteiger partial charge on any atom is 0.178 e. The van der Waals surface area contributed by atoms with Gasteiger partial charge in [-0.25, -0.2) is 9.97 Å². The van der Waals surface area contributed by atoms with Crippen molar-refractivity contribution >= 4 is 16.9 Å². The van der Waals surface area contributed by atoms with Gasteiger partial charge in [-0.2, -0.15) is 0 Å². The normalized spacial score (nSPS) is 12.2. The van der Waals surface area contributed by atoms with Crippen LogP contribution < -0.4 is 5.32 Å². The molecule has 1 unspecified atom stereocenters. The summed E-state index contributed by atoms with van der Waals surface area (Å²) in [5, 5.41) is 3.49. The van der Waals surface area contributed by atoms with Crippen molar-refractivity contribution in [1.29, 1.82) is 0 Å². The van der Waals surface area contributed by atoms with E-state index in [2.05, 4.69) is 57.5 Å². The van der Waals surface area contributed by atoms with Crippen molar-refractivity contribution in [3.63, 3.8) is 0 Å². The van der Waals surface area contributed by atoms with Gasteiger partial charge in [0.1, 0.15) is 5.82 Å². The Morgan fingerprint density at radius 3 is 2.42 bits per heavy atom. The van der Waals surface area contributed by atoms with Crippen LogP contribution in [0.25, 0.3) is 22.6 Å². The van der Waals surface area contributed by atoms with Gasteiger partial charge in [0.15, 0.2) is 5.65 Å². The van der Waals surface area contributed by atoms with E-state index in [-0.39, 0.29) is 6.04 Å². The van der Waals surface area contributed by atoms with Gasteiger partial charge in [0, 0.05) is 11.6 Å². The lowest BCUT2D eigenvalue weighted by molar-refractivity contribution is 0.884. The smallest absolute Gasteiger partial charge is 0.178 e. The van der Waals surface area contributed by atoms with Gasteiger partial charge in [-0.3, -0.25) is 0 Å². The third kappa shape index (κ3) is 2.86. The van der Waals surface area contributed by atoms with Crippen LogP contribution in [-0.4, -0.2) is 15.0 Å². The van der Waals surface area contributed by atoms with Crippen LogP contribution in [-0.2, 0) is 0 Å². The molecule has 24 heavy (non-hydrogen) atoms. The molecule has 0 fully saturated rings. The summed E-state index contributed by atoms with van der Waals surface area (Å²) in [6.45, 7) is 2.14. The first-order valence-electron chi connectivity index (χ1n) is 8.02. The monoisotopic (exact) mass is 314 g/mol. The van der Waals surface area contributed by atoms with Crippen LogP contribution in [0.5, 0.6) is 0 Å². The predicted molar refractivity (Wildman–Crippen MR) is 97.8 cm³/mol. The van der Waals surface area contributed by atoms with Gasteiger partial charge in [0.2, 0.25) is 0 Å². The Balaban J connectivity index is 1.61. The fourth-order valence-electron chi connectivity index (χ4n) is 2.79. The summed E-state index contributed by atoms with van der Waals surface area (Å²) in [5.74, 6) is 0.839. The quantitative estimate of drug-likeness (QED) is 0.569. The van der Waals surface area contributed by atoms with Crippen molar-refractivity contribution in [2.24, 2.45) is 0 Å². The first kappa shape index (κ1) is 14.5. The number of hydrogen-bond acceptors (Lipinski definition) is 3. The Bertz CT molecular complexity index is 945. The highest BCUT2D eigenvalue weighted by Crippen LogP contribution is 2.23. The molecule has 0 radical (unpaired) electrons. The summed E-state index contributed by atoms with van der Waals surface area (Å²) >= 11 is 0. The van der Waals surface area contributed by atoms with Crippen LogP contribution in [0, 0.1) is 0 Å². The van der Waals surface area contributed by atoms with Crippen molar-refractivity contribution in [1.82, 2.24) is 15.0 Å². The molecule has 0 saturated heterocycles. The van der Waals surface area contributed by atoms with E-state index in [0.717, 1.165) is 28.2 Å². The number of imidazole rings is 1. The van der Waals surface area contributed by atoms with Gasteiger partial charge >= 0.3 is 0 Å². The van der Waals surface area contributed by atoms with Gasteiger partial charge in [-0.05, 0) is 18.6 Å². The van der Waals surface area contributed by atoms with Crippen LogP contribution in [0.1, 0.15) is 18.5 Å². The highest BCUT2D eigenvalue weighted by Gasteiger charge is 2.09. The Hall–Kier alpha value is -3.14. The lowest BCUT2D eigenvalue weighted by Gasteiger charge is -2.15. The highest BCUT2D eigenvalue weighted by molar-refractivity contribution is 5.78. The van der Waals surface area contributed by atoms with Gasteiger partial charge in [-0.15, -0.1) is 0 Å². The second-order valence-electron chi connectivity index (χ2n) is 5.82. The molecule has 0 spiro atoms. The number of aromatic nitrogens is 3. The van der Waals surface area contributed by atoms with Crippen LogP contribution in [0.2, 0.25) is 0 Å². The van der Waals surface area contributed by atoms with Crippen LogP contribution >= 0.6 is 0 Å². The van der Waals surface area contributed by atoms with E-state index in [4.69, 9.17) is 0 Å². The molecule has 0 aliphatic heterocycles. The lowest BCUT2D eigenvalue weighted by Crippen LogP contribution is -2.06. The molecule has 2 N–H and O–H groups in total. The topological polar surface area (TPSA) is 53.6 Å². The Morgan fingerprint density at radius 2 is 1.67 bits per heavy atom. The van der Waals surface area contributed by atoms with E-state index in [1.807, 2.05) is 42.6 Å². The standard InChI is InChI=1S/C20H18N4/c1-14(15-8-4-2-5-9-15)22-17-12-18-20(21-13-17)24-19(23-18)16-10-6-3-7-11-16/h2-14,22H,1H3,(H,21,23,24). The number of aromatic amines is 1. The number of benzene rings is 2. The van der Waals surface area contributed by atoms with Gasteiger partial charge < -0.3 is 10.3 Å². The van der Waals surface area contributed by atoms with Gasteiger partial charge in [-0.1, -0.05) is 60.7 Å². The number of nitrogens with zero attached hydrogens (tertiary/aromatic N) is 2. The van der Waals surface area contributed by atoms with Gasteiger partial charge in [0.25, 0.3) is 0 Å². The van der Waals surface area contributed by atoms with Crippen molar-refractivity contribution in [2.75, 3.05) is 5.32 Å². The Morgan fingerprint density at radius 1 is 0.958 bits per heavy atom. The van der Waals surface area contributed by atoms with Crippen LogP contribution in [0.4, 0.5) is 5.69 Å². The number of H-pyrrole nitrogens is 1. The van der Waals surface area contributed by atoms with Crippen LogP contribution in [0.3, 0.4) is 0 Å². The number of anilines is 1. The van der Waals surface area contributed by atoms with Crippen molar-refractivity contribution < 1.29 is 0 Å². The molecular weight excluding hydrogens is 296 g/mol. The molecule has 118 valence electrons. The van der Waals surface area contributed by atoms with Gasteiger partial charge in [0.05, 0.1) is 17.4 Å². The molecule has 0 aliphatic rings. The lowest BCUT2D eigenvalue weighted by atomic mass is 10.1. The molecule has 2 aromatic heterocycles. The van der Waals surface area contributed by atoms with E-state index in [1.165, 1.54) is 5.56 Å². The third-order valence-corrected chi connectivity index (χ3v) is 4.07. The minimum Gasteiger partial charge on any atom is -0.377 e. The summed E-state index contributed by atoms with van der Waals surface area (Å²) in [6.07, 6.45) is 1.83. The molecule has 4 aromatic rings. The molecule has 0 amide bonds. The largest absolute Gasteiger partial charge is 0.377 e. The SMILES string of the molecule is CC(Nc1cnc2nc(-c3ccccc3)[nH]c2c1)c1ccccc1. The maximum atomic E-state index is 4.57. The maximum absolute atomic E-state index is 4.57. The molecule has 4 rings (SSSR count). The van der Waals surface area contributed by atoms with Crippen molar-refractivity contribution in [3.05, 3.63) is 78.5 Å². The number of rotatable bonds is 4. The summed E-state index contributed by atoms with van der Waals surface area (Å²) in [5.41, 5.74) is 4.93. The Kier molecular flexibility index (Phi) is 3.71. The predicted octanol–water partition coefficient (Wildman–Crippen LogP) is 4.80. The van der Waals surface area contributed by atoms with E-state index < -0.39 is 0 Å². The van der Waals surface area contributed by atoms with E-state index >= 15 is 0 Å². The summed E-state index contributed by atoms with van der Waals surface area (Å²) in [4.78, 5) is 12.4. The number of hydrogen-bond donors (Lipinski definition) is 2. The molecule has 2 heterocycles. The molecule has 1 atom stereocenters. The molecule has 4 heteroatoms. The number of pyridine rings is 1. The zero-order valence-corrected chi connectivity index (χ0v) is 13.4. The minimum atomic E-state index is 0.210. The van der Waals surface area contributed by atoms with E-state index in [9.17, 15) is 0 Å². The molecule has 2 aromatic carbocycles. The summed E-state index contributed by atoms with van der Waals surface area (Å²) < 4.78 is 0. The third-order valence-electron chi connectivity index (χ3n) is 4.07. The fraction of sp³-hybridized carbons (Fsp3) is 0.100. The average molecular weight is 314 g/mol. The molecular formula is C20H18N4. The van der Waals surface area contributed by atoms with Crippen molar-refractivity contribution in [2.45, 2.75) is 13.0 Å². The number of nitrogens with one attached hydrogen (secondary N) is 2. The minimum absolute atomic E-state index is 0.210. The summed E-state index contributed by atoms with van der Waals surface area (Å²) in [7, 11) is 0. The number of fused-ring (bicyclic) bond motifs is 1. The second-order valence-corrected chi connectivity index (χ2v) is 5.82. The van der Waals surface area contributed by atoms with Crippen LogP contribution in [0.15, 0.2) is 72.9 Å². The Labute approximate surface area is 140 Å². The van der Waals surface area contributed by atoms with Crippen molar-refractivity contribution in [3.8, 4) is 11.4 Å². The first-order valence-corrected chi connectivity index (χ1v) is 8.02. The zero-order chi connectivity index (χ0) is 16.4. The molecule has 4 nitrogen and oxygen atoms in total. The second kappa shape index (κ2) is 6.16. The summed E-state index contributed by atoms with van der Waals surface area (Å²) in [6, 6.07) is 22.7. The molecule has 0 aliphatic carbocycles. The average Bonchev–Trinajstić information content (AvgIpc) is 3.06. The molecule has 0 saturated carbocycles.